The molecular weight excluding hydrogens is 362 g/mol. The number of hydrogen-bond donors (Lipinski definition) is 2. The Morgan fingerprint density at radius 1 is 1.15 bits per heavy atom. The van der Waals surface area contributed by atoms with Crippen LogP contribution in [0.2, 0.25) is 18.1 Å². The maximum Gasteiger partial charge on any atom is 0.217 e. The zero-order valence-electron chi connectivity index (χ0n) is 16.9. The Kier molecular flexibility index (Phi) is 5.53. The van der Waals surface area contributed by atoms with Gasteiger partial charge in [0.25, 0.3) is 0 Å². The lowest BCUT2D eigenvalue weighted by Gasteiger charge is -2.41. The second-order valence-corrected chi connectivity index (χ2v) is 13.8. The van der Waals surface area contributed by atoms with Gasteiger partial charge in [-0.2, -0.15) is 0 Å². The van der Waals surface area contributed by atoms with Gasteiger partial charge in [-0.05, 0) is 18.1 Å². The molecule has 2 N–H and O–H groups in total. The number of carbonyl (C=O) groups excluding carboxylic acids is 1. The number of amides is 1. The average molecular weight is 394 g/mol. The molecule has 27 heavy (non-hydrogen) atoms. The normalized spacial score (nSPS) is 33.7. The first-order chi connectivity index (χ1) is 12.5. The third-order valence-corrected chi connectivity index (χ3v) is 10.4. The van der Waals surface area contributed by atoms with Gasteiger partial charge in [-0.25, -0.2) is 0 Å². The second kappa shape index (κ2) is 7.29. The monoisotopic (exact) mass is 393 g/mol. The molecule has 1 saturated heterocycles. The van der Waals surface area contributed by atoms with E-state index in [1.807, 2.05) is 30.3 Å². The Morgan fingerprint density at radius 3 is 2.30 bits per heavy atom. The van der Waals surface area contributed by atoms with Gasteiger partial charge in [-0.15, -0.1) is 0 Å². The van der Waals surface area contributed by atoms with Gasteiger partial charge < -0.3 is 24.3 Å². The van der Waals surface area contributed by atoms with Crippen molar-refractivity contribution in [3.8, 4) is 0 Å². The molecule has 1 saturated carbocycles. The molecule has 6 atom stereocenters. The minimum atomic E-state index is -2.15. The molecule has 7 heteroatoms. The summed E-state index contributed by atoms with van der Waals surface area (Å²) >= 11 is 0. The lowest BCUT2D eigenvalue weighted by molar-refractivity contribution is -0.127. The molecule has 1 heterocycles. The highest BCUT2D eigenvalue weighted by atomic mass is 28.4. The number of hydrogen-bond acceptors (Lipinski definition) is 5. The molecule has 0 unspecified atom stereocenters. The summed E-state index contributed by atoms with van der Waals surface area (Å²) < 4.78 is 18.8. The van der Waals surface area contributed by atoms with Crippen molar-refractivity contribution in [3.05, 3.63) is 35.9 Å². The number of benzene rings is 1. The summed E-state index contributed by atoms with van der Waals surface area (Å²) in [7, 11) is -2.15. The fourth-order valence-electron chi connectivity index (χ4n) is 3.44. The van der Waals surface area contributed by atoms with Crippen LogP contribution in [-0.4, -0.2) is 49.8 Å². The number of carbonyl (C=O) groups is 1. The number of aliphatic hydroxyl groups excluding tert-OH is 1. The zero-order chi connectivity index (χ0) is 20.0. The maximum absolute atomic E-state index is 11.7. The largest absolute Gasteiger partial charge is 0.409 e. The van der Waals surface area contributed by atoms with E-state index in [9.17, 15) is 9.90 Å². The van der Waals surface area contributed by atoms with Gasteiger partial charge in [0.1, 0.15) is 18.3 Å². The van der Waals surface area contributed by atoms with Crippen LogP contribution in [0.4, 0.5) is 0 Å². The Morgan fingerprint density at radius 2 is 1.74 bits per heavy atom. The first-order valence-corrected chi connectivity index (χ1v) is 12.4. The van der Waals surface area contributed by atoms with Crippen molar-refractivity contribution in [2.75, 3.05) is 0 Å². The van der Waals surface area contributed by atoms with Gasteiger partial charge in [-0.1, -0.05) is 51.1 Å². The topological polar surface area (TPSA) is 77.0 Å². The molecule has 150 valence electrons. The highest BCUT2D eigenvalue weighted by Crippen LogP contribution is 2.45. The van der Waals surface area contributed by atoms with Crippen LogP contribution in [0.3, 0.4) is 0 Å². The minimum Gasteiger partial charge on any atom is -0.409 e. The van der Waals surface area contributed by atoms with Gasteiger partial charge >= 0.3 is 0 Å². The van der Waals surface area contributed by atoms with Crippen molar-refractivity contribution in [1.29, 1.82) is 0 Å². The second-order valence-electron chi connectivity index (χ2n) is 9.00. The van der Waals surface area contributed by atoms with E-state index in [2.05, 4.69) is 39.2 Å². The van der Waals surface area contributed by atoms with Gasteiger partial charge in [0.2, 0.25) is 5.91 Å². The molecule has 0 aromatic heterocycles. The summed E-state index contributed by atoms with van der Waals surface area (Å²) in [5.41, 5.74) is 0.904. The van der Waals surface area contributed by atoms with Gasteiger partial charge in [0, 0.05) is 12.5 Å². The van der Waals surface area contributed by atoms with Crippen molar-refractivity contribution >= 4 is 14.2 Å². The first-order valence-electron chi connectivity index (χ1n) is 9.50. The summed E-state index contributed by atoms with van der Waals surface area (Å²) in [4.78, 5) is 11.7. The van der Waals surface area contributed by atoms with Crippen molar-refractivity contribution in [1.82, 2.24) is 5.32 Å². The van der Waals surface area contributed by atoms with Gasteiger partial charge in [0.15, 0.2) is 14.6 Å². The molecule has 6 nitrogen and oxygen atoms in total. The molecule has 3 rings (SSSR count). The van der Waals surface area contributed by atoms with Crippen molar-refractivity contribution in [2.24, 2.45) is 0 Å². The van der Waals surface area contributed by atoms with Gasteiger partial charge in [0.05, 0.1) is 12.1 Å². The van der Waals surface area contributed by atoms with E-state index < -0.39 is 45.1 Å². The van der Waals surface area contributed by atoms with E-state index in [1.54, 1.807) is 0 Å². The molecule has 2 fully saturated rings. The van der Waals surface area contributed by atoms with Gasteiger partial charge in [-0.3, -0.25) is 4.79 Å². The number of nitrogens with one attached hydrogen (secondary N) is 1. The third kappa shape index (κ3) is 3.98. The third-order valence-electron chi connectivity index (χ3n) is 5.95. The van der Waals surface area contributed by atoms with E-state index in [-0.39, 0.29) is 10.9 Å². The predicted octanol–water partition coefficient (Wildman–Crippen LogP) is 2.74. The molecule has 0 spiro atoms. The summed E-state index contributed by atoms with van der Waals surface area (Å²) in [6, 6.07) is 9.11. The Balaban J connectivity index is 1.86. The summed E-state index contributed by atoms with van der Waals surface area (Å²) in [5, 5.41) is 13.7. The fraction of sp³-hybridized carbons (Fsp3) is 0.650. The molecule has 2 aliphatic rings. The number of ether oxygens (including phenoxy) is 2. The molecule has 1 aliphatic carbocycles. The number of aliphatic hydroxyl groups is 1. The van der Waals surface area contributed by atoms with Crippen LogP contribution < -0.4 is 5.32 Å². The molecular formula is C20H31NO5Si. The lowest BCUT2D eigenvalue weighted by Crippen LogP contribution is -2.54. The molecule has 0 bridgehead atoms. The maximum atomic E-state index is 11.7. The van der Waals surface area contributed by atoms with E-state index in [1.165, 1.54) is 6.92 Å². The Labute approximate surface area is 162 Å². The van der Waals surface area contributed by atoms with Crippen LogP contribution in [0.5, 0.6) is 0 Å². The SMILES string of the molecule is CC(=O)N[C@@H]1[C@H](O)[C@H]2O[C@@H](c3ccccc3)O[C@H]2[C@H]1O[Si](C)(C)C(C)(C)C. The van der Waals surface area contributed by atoms with Crippen molar-refractivity contribution < 1.29 is 23.8 Å². The van der Waals surface area contributed by atoms with E-state index in [4.69, 9.17) is 13.9 Å². The van der Waals surface area contributed by atoms with Crippen LogP contribution in [0, 0.1) is 0 Å². The lowest BCUT2D eigenvalue weighted by atomic mass is 10.1. The smallest absolute Gasteiger partial charge is 0.217 e. The van der Waals surface area contributed by atoms with Crippen LogP contribution in [0.1, 0.15) is 39.5 Å². The Bertz CT molecular complexity index is 675. The summed E-state index contributed by atoms with van der Waals surface area (Å²) in [6.07, 6.45) is -2.86. The molecule has 1 amide bonds. The van der Waals surface area contributed by atoms with E-state index in [0.717, 1.165) is 5.56 Å². The fourth-order valence-corrected chi connectivity index (χ4v) is 4.76. The van der Waals surface area contributed by atoms with Crippen LogP contribution in [0.25, 0.3) is 0 Å². The Hall–Kier alpha value is -1.25. The summed E-state index contributed by atoms with van der Waals surface area (Å²) in [6.45, 7) is 12.2. The molecule has 1 aromatic rings. The van der Waals surface area contributed by atoms with Crippen LogP contribution in [-0.2, 0) is 18.7 Å². The van der Waals surface area contributed by atoms with Crippen molar-refractivity contribution in [3.63, 3.8) is 0 Å². The minimum absolute atomic E-state index is 0.00486. The molecule has 0 radical (unpaired) electrons. The predicted molar refractivity (Wildman–Crippen MR) is 105 cm³/mol. The van der Waals surface area contributed by atoms with E-state index in [0.29, 0.717) is 0 Å². The average Bonchev–Trinajstić information content (AvgIpc) is 3.10. The molecule has 1 aliphatic heterocycles. The first kappa shape index (κ1) is 20.5. The van der Waals surface area contributed by atoms with Crippen LogP contribution >= 0.6 is 0 Å². The molecule has 1 aromatic carbocycles. The number of rotatable bonds is 4. The van der Waals surface area contributed by atoms with E-state index >= 15 is 0 Å². The summed E-state index contributed by atoms with van der Waals surface area (Å²) in [5.74, 6) is -0.206. The number of fused-ring (bicyclic) bond motifs is 1. The highest BCUT2D eigenvalue weighted by molar-refractivity contribution is 6.74. The van der Waals surface area contributed by atoms with Crippen LogP contribution in [0.15, 0.2) is 30.3 Å². The van der Waals surface area contributed by atoms with Crippen molar-refractivity contribution in [2.45, 2.75) is 82.6 Å². The zero-order valence-corrected chi connectivity index (χ0v) is 17.9. The standard InChI is InChI=1S/C20H31NO5Si/c1-12(22)21-14-15(23)17-18(16(14)26-27(5,6)20(2,3)4)25-19(24-17)13-10-8-7-9-11-13/h7-11,14-19,23H,1-6H3,(H,21,22)/t14-,15+,16+,17-,18+,19-/m1/s1. The highest BCUT2D eigenvalue weighted by Gasteiger charge is 2.59. The quantitative estimate of drug-likeness (QED) is 0.769.